The lowest BCUT2D eigenvalue weighted by atomic mass is 10.0. The first-order valence-corrected chi connectivity index (χ1v) is 5.78. The molecule has 1 unspecified atom stereocenters. The van der Waals surface area contributed by atoms with Gasteiger partial charge in [-0.2, -0.15) is 0 Å². The van der Waals surface area contributed by atoms with Crippen LogP contribution in [0.4, 0.5) is 4.39 Å². The predicted molar refractivity (Wildman–Crippen MR) is 62.7 cm³/mol. The Kier molecular flexibility index (Phi) is 3.36. The minimum atomic E-state index is -0.372. The Hall–Kier alpha value is -0.800. The zero-order valence-corrected chi connectivity index (χ0v) is 10.2. The van der Waals surface area contributed by atoms with Crippen LogP contribution in [0, 0.1) is 12.7 Å². The number of hydrogen-bond acceptors (Lipinski definition) is 2. The zero-order valence-electron chi connectivity index (χ0n) is 9.44. The standard InChI is InChI=1S/C12H15ClFNO/c1-7-6-8(14)11(13)10(12(7)16-2)9-4-3-5-15-9/h6,9,15H,3-5H2,1-2H3. The molecule has 2 nitrogen and oxygen atoms in total. The molecule has 1 N–H and O–H groups in total. The number of nitrogens with one attached hydrogen (secondary N) is 1. The summed E-state index contributed by atoms with van der Waals surface area (Å²) in [4.78, 5) is 0. The molecule has 0 aliphatic carbocycles. The van der Waals surface area contributed by atoms with Gasteiger partial charge in [0.2, 0.25) is 0 Å². The van der Waals surface area contributed by atoms with Crippen molar-refractivity contribution in [2.75, 3.05) is 13.7 Å². The van der Waals surface area contributed by atoms with Gasteiger partial charge in [-0.05, 0) is 37.9 Å². The van der Waals surface area contributed by atoms with E-state index in [4.69, 9.17) is 16.3 Å². The molecular formula is C12H15ClFNO. The van der Waals surface area contributed by atoms with E-state index >= 15 is 0 Å². The highest BCUT2D eigenvalue weighted by Gasteiger charge is 2.25. The van der Waals surface area contributed by atoms with Gasteiger partial charge >= 0.3 is 0 Å². The van der Waals surface area contributed by atoms with E-state index in [9.17, 15) is 4.39 Å². The molecule has 0 amide bonds. The maximum atomic E-state index is 13.6. The van der Waals surface area contributed by atoms with Crippen LogP contribution in [0.3, 0.4) is 0 Å². The Morgan fingerprint density at radius 1 is 1.56 bits per heavy atom. The first-order valence-electron chi connectivity index (χ1n) is 5.41. The Labute approximate surface area is 99.7 Å². The Morgan fingerprint density at radius 3 is 2.88 bits per heavy atom. The van der Waals surface area contributed by atoms with E-state index in [2.05, 4.69) is 5.32 Å². The van der Waals surface area contributed by atoms with E-state index in [1.54, 1.807) is 7.11 Å². The van der Waals surface area contributed by atoms with Crippen molar-refractivity contribution in [1.82, 2.24) is 5.32 Å². The summed E-state index contributed by atoms with van der Waals surface area (Å²) in [6.07, 6.45) is 2.05. The summed E-state index contributed by atoms with van der Waals surface area (Å²) in [7, 11) is 1.59. The Morgan fingerprint density at radius 2 is 2.31 bits per heavy atom. The molecule has 1 aliphatic heterocycles. The second kappa shape index (κ2) is 4.60. The molecule has 1 aromatic rings. The molecule has 0 aromatic heterocycles. The molecule has 1 atom stereocenters. The molecule has 0 bridgehead atoms. The maximum Gasteiger partial charge on any atom is 0.142 e. The molecule has 1 aliphatic rings. The van der Waals surface area contributed by atoms with Gasteiger partial charge in [-0.3, -0.25) is 0 Å². The number of rotatable bonds is 2. The fourth-order valence-electron chi connectivity index (χ4n) is 2.27. The van der Waals surface area contributed by atoms with E-state index < -0.39 is 0 Å². The molecule has 2 rings (SSSR count). The van der Waals surface area contributed by atoms with Crippen molar-refractivity contribution in [1.29, 1.82) is 0 Å². The van der Waals surface area contributed by atoms with Gasteiger partial charge in [0.05, 0.1) is 12.1 Å². The smallest absolute Gasteiger partial charge is 0.142 e. The quantitative estimate of drug-likeness (QED) is 0.861. The lowest BCUT2D eigenvalue weighted by Gasteiger charge is -2.19. The van der Waals surface area contributed by atoms with Crippen LogP contribution >= 0.6 is 11.6 Å². The molecule has 16 heavy (non-hydrogen) atoms. The van der Waals surface area contributed by atoms with Crippen LogP contribution in [-0.4, -0.2) is 13.7 Å². The van der Waals surface area contributed by atoms with Crippen LogP contribution in [0.5, 0.6) is 5.75 Å². The average Bonchev–Trinajstić information content (AvgIpc) is 2.76. The lowest BCUT2D eigenvalue weighted by Crippen LogP contribution is -2.15. The topological polar surface area (TPSA) is 21.3 Å². The molecule has 0 saturated carbocycles. The number of hydrogen-bond donors (Lipinski definition) is 1. The van der Waals surface area contributed by atoms with Crippen LogP contribution in [0.25, 0.3) is 0 Å². The Bertz CT molecular complexity index is 402. The highest BCUT2D eigenvalue weighted by atomic mass is 35.5. The molecule has 1 fully saturated rings. The monoisotopic (exact) mass is 243 g/mol. The fraction of sp³-hybridized carbons (Fsp3) is 0.500. The third-order valence-electron chi connectivity index (χ3n) is 3.01. The van der Waals surface area contributed by atoms with Crippen molar-refractivity contribution in [3.63, 3.8) is 0 Å². The molecular weight excluding hydrogens is 229 g/mol. The third-order valence-corrected chi connectivity index (χ3v) is 3.39. The van der Waals surface area contributed by atoms with E-state index in [0.29, 0.717) is 5.75 Å². The maximum absolute atomic E-state index is 13.6. The summed E-state index contributed by atoms with van der Waals surface area (Å²) >= 11 is 6.03. The van der Waals surface area contributed by atoms with Crippen LogP contribution in [0.1, 0.15) is 30.0 Å². The average molecular weight is 244 g/mol. The van der Waals surface area contributed by atoms with E-state index in [0.717, 1.165) is 30.5 Å². The highest BCUT2D eigenvalue weighted by molar-refractivity contribution is 6.31. The van der Waals surface area contributed by atoms with Crippen LogP contribution < -0.4 is 10.1 Å². The van der Waals surface area contributed by atoms with Gasteiger partial charge in [-0.15, -0.1) is 0 Å². The summed E-state index contributed by atoms with van der Waals surface area (Å²) in [6, 6.07) is 1.52. The van der Waals surface area contributed by atoms with Crippen LogP contribution in [-0.2, 0) is 0 Å². The summed E-state index contributed by atoms with van der Waals surface area (Å²) in [5.41, 5.74) is 1.55. The van der Waals surface area contributed by atoms with Crippen molar-refractivity contribution in [2.24, 2.45) is 0 Å². The highest BCUT2D eigenvalue weighted by Crippen LogP contribution is 2.39. The van der Waals surface area contributed by atoms with E-state index in [1.807, 2.05) is 6.92 Å². The second-order valence-corrected chi connectivity index (χ2v) is 4.46. The van der Waals surface area contributed by atoms with Gasteiger partial charge in [0.25, 0.3) is 0 Å². The number of aryl methyl sites for hydroxylation is 1. The molecule has 1 saturated heterocycles. The zero-order chi connectivity index (χ0) is 11.7. The molecule has 88 valence electrons. The van der Waals surface area contributed by atoms with Gasteiger partial charge in [0, 0.05) is 11.6 Å². The van der Waals surface area contributed by atoms with Crippen molar-refractivity contribution < 1.29 is 9.13 Å². The molecule has 1 heterocycles. The second-order valence-electron chi connectivity index (χ2n) is 4.09. The molecule has 4 heteroatoms. The molecule has 0 radical (unpaired) electrons. The number of benzene rings is 1. The van der Waals surface area contributed by atoms with Gasteiger partial charge in [0.1, 0.15) is 11.6 Å². The Balaban J connectivity index is 2.54. The van der Waals surface area contributed by atoms with Crippen molar-refractivity contribution in [3.05, 3.63) is 28.0 Å². The third kappa shape index (κ3) is 1.89. The van der Waals surface area contributed by atoms with Crippen molar-refractivity contribution in [2.45, 2.75) is 25.8 Å². The summed E-state index contributed by atoms with van der Waals surface area (Å²) < 4.78 is 18.9. The molecule has 0 spiro atoms. The lowest BCUT2D eigenvalue weighted by molar-refractivity contribution is 0.398. The van der Waals surface area contributed by atoms with E-state index in [-0.39, 0.29) is 16.9 Å². The minimum absolute atomic E-state index is 0.108. The first kappa shape index (κ1) is 11.7. The van der Waals surface area contributed by atoms with Gasteiger partial charge in [-0.25, -0.2) is 4.39 Å². The summed E-state index contributed by atoms with van der Waals surface area (Å²) in [6.45, 7) is 2.77. The normalized spacial score (nSPS) is 20.1. The molecule has 1 aromatic carbocycles. The number of ether oxygens (including phenoxy) is 1. The van der Waals surface area contributed by atoms with Gasteiger partial charge < -0.3 is 10.1 Å². The van der Waals surface area contributed by atoms with E-state index in [1.165, 1.54) is 6.07 Å². The minimum Gasteiger partial charge on any atom is -0.496 e. The van der Waals surface area contributed by atoms with Gasteiger partial charge in [0.15, 0.2) is 0 Å². The van der Waals surface area contributed by atoms with Gasteiger partial charge in [-0.1, -0.05) is 11.6 Å². The largest absolute Gasteiger partial charge is 0.496 e. The van der Waals surface area contributed by atoms with Crippen LogP contribution in [0.2, 0.25) is 5.02 Å². The number of halogens is 2. The van der Waals surface area contributed by atoms with Crippen molar-refractivity contribution in [3.8, 4) is 5.75 Å². The predicted octanol–water partition coefficient (Wildman–Crippen LogP) is 3.22. The van der Waals surface area contributed by atoms with Crippen LogP contribution in [0.15, 0.2) is 6.07 Å². The number of methoxy groups -OCH3 is 1. The summed E-state index contributed by atoms with van der Waals surface area (Å²) in [5.74, 6) is 0.328. The summed E-state index contributed by atoms with van der Waals surface area (Å²) in [5, 5.41) is 3.49. The fourth-order valence-corrected chi connectivity index (χ4v) is 2.54. The SMILES string of the molecule is COc1c(C)cc(F)c(Cl)c1C1CCCN1. The van der Waals surface area contributed by atoms with Crippen molar-refractivity contribution >= 4 is 11.6 Å². The first-order chi connectivity index (χ1) is 7.65.